The molecule has 0 bridgehead atoms. The van der Waals surface area contributed by atoms with Crippen LogP contribution in [-0.4, -0.2) is 89.1 Å². The van der Waals surface area contributed by atoms with Crippen molar-refractivity contribution in [1.29, 1.82) is 0 Å². The zero-order valence-electron chi connectivity index (χ0n) is 23.4. The molecule has 1 rings (SSSR count). The predicted octanol–water partition coefficient (Wildman–Crippen LogP) is -1.26. The molecule has 0 aromatic heterocycles. The van der Waals surface area contributed by atoms with E-state index < -0.39 is 47.9 Å². The summed E-state index contributed by atoms with van der Waals surface area (Å²) in [5, 5.41) is 27.0. The molecule has 3 amide bonds. The number of hydrogen-bond acceptors (Lipinski definition) is 9. The molecule has 0 saturated carbocycles. The van der Waals surface area contributed by atoms with Gasteiger partial charge in [0.15, 0.2) is 5.96 Å². The number of rotatable bonds is 20. The van der Waals surface area contributed by atoms with Crippen LogP contribution < -0.4 is 38.9 Å². The van der Waals surface area contributed by atoms with Gasteiger partial charge in [0.1, 0.15) is 23.9 Å². The smallest absolute Gasteiger partial charge is 0.326 e. The Kier molecular flexibility index (Phi) is 16.9. The van der Waals surface area contributed by atoms with Crippen LogP contribution >= 0.6 is 11.8 Å². The average Bonchev–Trinajstić information content (AvgIpc) is 2.93. The van der Waals surface area contributed by atoms with Crippen LogP contribution in [0, 0.1) is 0 Å². The van der Waals surface area contributed by atoms with E-state index in [2.05, 4.69) is 20.9 Å². The third kappa shape index (κ3) is 14.6. The average molecular weight is 597 g/mol. The minimum atomic E-state index is -1.21. The molecule has 0 radical (unpaired) electrons. The predicted molar refractivity (Wildman–Crippen MR) is 159 cm³/mol. The van der Waals surface area contributed by atoms with Gasteiger partial charge in [-0.15, -0.1) is 0 Å². The Morgan fingerprint density at radius 1 is 0.878 bits per heavy atom. The monoisotopic (exact) mass is 596 g/mol. The van der Waals surface area contributed by atoms with Crippen molar-refractivity contribution in [2.75, 3.05) is 25.1 Å². The second-order valence-corrected chi connectivity index (χ2v) is 10.5. The molecule has 0 aliphatic rings. The number of phenolic OH excluding ortho intramolecular Hbond substituents is 1. The van der Waals surface area contributed by atoms with Gasteiger partial charge in [-0.25, -0.2) is 4.79 Å². The van der Waals surface area contributed by atoms with Crippen LogP contribution in [0.3, 0.4) is 0 Å². The second kappa shape index (κ2) is 19.5. The number of aromatic hydroxyl groups is 1. The van der Waals surface area contributed by atoms with Gasteiger partial charge >= 0.3 is 5.97 Å². The van der Waals surface area contributed by atoms with Gasteiger partial charge in [0.25, 0.3) is 0 Å². The molecule has 0 spiro atoms. The van der Waals surface area contributed by atoms with Crippen LogP contribution in [-0.2, 0) is 25.6 Å². The molecule has 41 heavy (non-hydrogen) atoms. The van der Waals surface area contributed by atoms with Crippen LogP contribution in [0.5, 0.6) is 5.75 Å². The van der Waals surface area contributed by atoms with Crippen molar-refractivity contribution in [1.82, 2.24) is 16.0 Å². The maximum Gasteiger partial charge on any atom is 0.326 e. The number of unbranched alkanes of at least 4 members (excludes halogenated alkanes) is 1. The Morgan fingerprint density at radius 3 is 2.05 bits per heavy atom. The quantitative estimate of drug-likeness (QED) is 0.0487. The molecule has 13 N–H and O–H groups in total. The zero-order chi connectivity index (χ0) is 30.8. The Hall–Kier alpha value is -3.56. The van der Waals surface area contributed by atoms with E-state index in [0.717, 1.165) is 0 Å². The van der Waals surface area contributed by atoms with Gasteiger partial charge in [-0.3, -0.25) is 19.4 Å². The summed E-state index contributed by atoms with van der Waals surface area (Å²) in [5.74, 6) is -2.55. The van der Waals surface area contributed by atoms with Crippen LogP contribution in [0.1, 0.15) is 44.1 Å². The Labute approximate surface area is 244 Å². The fourth-order valence-corrected chi connectivity index (χ4v) is 4.29. The largest absolute Gasteiger partial charge is 0.508 e. The van der Waals surface area contributed by atoms with Crippen molar-refractivity contribution in [3.8, 4) is 5.75 Å². The first-order chi connectivity index (χ1) is 19.5. The summed E-state index contributed by atoms with van der Waals surface area (Å²) >= 11 is 1.53. The SMILES string of the molecule is CSCCC(N)C(=O)NC(CCCN=C(N)N)C(=O)NC(Cc1ccc(O)cc1)C(=O)NC(CCCCN)C(=O)O. The molecule has 0 aliphatic heterocycles. The first-order valence-corrected chi connectivity index (χ1v) is 14.8. The highest BCUT2D eigenvalue weighted by Gasteiger charge is 2.30. The number of phenols is 1. The van der Waals surface area contributed by atoms with Crippen LogP contribution in [0.2, 0.25) is 0 Å². The molecule has 4 atom stereocenters. The number of hydrogen-bond donors (Lipinski definition) is 9. The number of carbonyl (C=O) groups is 4. The first kappa shape index (κ1) is 35.5. The third-order valence-corrected chi connectivity index (χ3v) is 6.76. The van der Waals surface area contributed by atoms with E-state index in [1.54, 1.807) is 12.1 Å². The number of guanidine groups is 1. The Balaban J connectivity index is 3.16. The van der Waals surface area contributed by atoms with Gasteiger partial charge in [-0.1, -0.05) is 12.1 Å². The number of benzene rings is 1. The fraction of sp³-hybridized carbons (Fsp3) is 0.577. The Morgan fingerprint density at radius 2 is 1.46 bits per heavy atom. The number of aliphatic carboxylic acids is 1. The normalized spacial score (nSPS) is 13.7. The van der Waals surface area contributed by atoms with E-state index in [1.165, 1.54) is 23.9 Å². The lowest BCUT2D eigenvalue weighted by atomic mass is 10.0. The number of amides is 3. The molecule has 0 fully saturated rings. The molecule has 0 saturated heterocycles. The molecule has 15 heteroatoms. The highest BCUT2D eigenvalue weighted by Crippen LogP contribution is 2.13. The van der Waals surface area contributed by atoms with Gasteiger partial charge in [-0.2, -0.15) is 11.8 Å². The minimum Gasteiger partial charge on any atom is -0.508 e. The van der Waals surface area contributed by atoms with Gasteiger partial charge in [0.2, 0.25) is 17.7 Å². The summed E-state index contributed by atoms with van der Waals surface area (Å²) in [4.78, 5) is 55.1. The summed E-state index contributed by atoms with van der Waals surface area (Å²) in [6.07, 6.45) is 4.02. The second-order valence-electron chi connectivity index (χ2n) is 9.51. The van der Waals surface area contributed by atoms with E-state index in [9.17, 15) is 29.4 Å². The number of carboxylic acids is 1. The van der Waals surface area contributed by atoms with E-state index in [0.29, 0.717) is 43.5 Å². The lowest BCUT2D eigenvalue weighted by Gasteiger charge is -2.25. The van der Waals surface area contributed by atoms with E-state index in [1.807, 2.05) is 6.26 Å². The molecule has 0 heterocycles. The van der Waals surface area contributed by atoms with Gasteiger partial charge in [0, 0.05) is 13.0 Å². The van der Waals surface area contributed by atoms with Crippen LogP contribution in [0.15, 0.2) is 29.3 Å². The van der Waals surface area contributed by atoms with Crippen LogP contribution in [0.25, 0.3) is 0 Å². The highest BCUT2D eigenvalue weighted by atomic mass is 32.2. The summed E-state index contributed by atoms with van der Waals surface area (Å²) < 4.78 is 0. The summed E-state index contributed by atoms with van der Waals surface area (Å²) in [5.41, 5.74) is 22.8. The van der Waals surface area contributed by atoms with Crippen molar-refractivity contribution in [2.24, 2.45) is 27.9 Å². The highest BCUT2D eigenvalue weighted by molar-refractivity contribution is 7.98. The number of carbonyl (C=O) groups excluding carboxylic acids is 3. The maximum absolute atomic E-state index is 13.4. The van der Waals surface area contributed by atoms with Gasteiger partial charge in [-0.05, 0) is 74.8 Å². The number of carboxylic acid groups (broad SMARTS) is 1. The summed E-state index contributed by atoms with van der Waals surface area (Å²) in [6, 6.07) is 1.75. The van der Waals surface area contributed by atoms with Crippen molar-refractivity contribution >= 4 is 41.4 Å². The number of aliphatic imine (C=N–C) groups is 1. The van der Waals surface area contributed by atoms with Crippen molar-refractivity contribution in [3.63, 3.8) is 0 Å². The molecule has 0 aliphatic carbocycles. The summed E-state index contributed by atoms with van der Waals surface area (Å²) in [6.45, 7) is 0.595. The van der Waals surface area contributed by atoms with E-state index >= 15 is 0 Å². The third-order valence-electron chi connectivity index (χ3n) is 6.12. The minimum absolute atomic E-state index is 0.00506. The van der Waals surface area contributed by atoms with Crippen molar-refractivity contribution in [3.05, 3.63) is 29.8 Å². The van der Waals surface area contributed by atoms with Crippen LogP contribution in [0.4, 0.5) is 0 Å². The number of nitrogens with zero attached hydrogens (tertiary/aromatic N) is 1. The molecular formula is C26H44N8O6S. The first-order valence-electron chi connectivity index (χ1n) is 13.4. The number of nitrogens with one attached hydrogen (secondary N) is 3. The molecule has 1 aromatic rings. The van der Waals surface area contributed by atoms with Gasteiger partial charge in [0.05, 0.1) is 6.04 Å². The van der Waals surface area contributed by atoms with Crippen molar-refractivity contribution in [2.45, 2.75) is 69.1 Å². The van der Waals surface area contributed by atoms with E-state index in [-0.39, 0.29) is 37.5 Å². The topological polar surface area (TPSA) is 261 Å². The molecule has 230 valence electrons. The number of thioether (sulfide) groups is 1. The zero-order valence-corrected chi connectivity index (χ0v) is 24.2. The standard InChI is InChI=1S/C26H44N8O6S/c1-41-14-11-18(28)22(36)32-19(6-4-13-31-26(29)30)23(37)34-21(15-16-7-9-17(35)10-8-16)24(38)33-20(25(39)40)5-2-3-12-27/h7-10,18-21,35H,2-6,11-15,27-28H2,1H3,(H,32,36)(H,33,38)(H,34,37)(H,39,40)(H4,29,30,31). The van der Waals surface area contributed by atoms with Gasteiger partial charge < -0.3 is 49.1 Å². The lowest BCUT2D eigenvalue weighted by molar-refractivity contribution is -0.142. The molecule has 4 unspecified atom stereocenters. The van der Waals surface area contributed by atoms with E-state index in [4.69, 9.17) is 22.9 Å². The van der Waals surface area contributed by atoms with Crippen molar-refractivity contribution < 1.29 is 29.4 Å². The molecular weight excluding hydrogens is 552 g/mol. The Bertz CT molecular complexity index is 1010. The molecule has 1 aromatic carbocycles. The molecule has 14 nitrogen and oxygen atoms in total. The summed E-state index contributed by atoms with van der Waals surface area (Å²) in [7, 11) is 0. The lowest BCUT2D eigenvalue weighted by Crippen LogP contribution is -2.57. The fourth-order valence-electron chi connectivity index (χ4n) is 3.80. The number of nitrogens with two attached hydrogens (primary N) is 4. The maximum atomic E-state index is 13.4.